The van der Waals surface area contributed by atoms with Crippen molar-refractivity contribution < 1.29 is 0 Å². The minimum atomic E-state index is -1.45. The van der Waals surface area contributed by atoms with E-state index in [1.807, 2.05) is 0 Å². The predicted octanol–water partition coefficient (Wildman–Crippen LogP) is 3.39. The van der Waals surface area contributed by atoms with Crippen LogP contribution in [0.15, 0.2) is 0 Å². The van der Waals surface area contributed by atoms with Crippen LogP contribution in [0.25, 0.3) is 0 Å². The minimum absolute atomic E-state index is 0.238. The smallest absolute Gasteiger partial charge is 0.202 e. The fourth-order valence-corrected chi connectivity index (χ4v) is 8.26. The third-order valence-electron chi connectivity index (χ3n) is 2.94. The van der Waals surface area contributed by atoms with Gasteiger partial charge < -0.3 is 9.96 Å². The SMILES string of the molecule is CC(C)(C)N[Si]1(NC(C)(C)C)CCCCC1. The molecule has 1 saturated heterocycles. The number of hydrogen-bond acceptors (Lipinski definition) is 2. The van der Waals surface area contributed by atoms with Crippen molar-refractivity contribution in [2.24, 2.45) is 0 Å². The molecule has 96 valence electrons. The van der Waals surface area contributed by atoms with Crippen LogP contribution >= 0.6 is 0 Å². The van der Waals surface area contributed by atoms with Crippen molar-refractivity contribution in [3.63, 3.8) is 0 Å². The van der Waals surface area contributed by atoms with Gasteiger partial charge >= 0.3 is 0 Å². The molecule has 0 atom stereocenters. The quantitative estimate of drug-likeness (QED) is 0.725. The highest BCUT2D eigenvalue weighted by atomic mass is 28.3. The summed E-state index contributed by atoms with van der Waals surface area (Å²) in [6.45, 7) is 13.8. The molecule has 3 heteroatoms. The standard InChI is InChI=1S/C13H30N2Si/c1-12(2,3)14-16(15-13(4,5)6)10-8-7-9-11-16/h14-15H,7-11H2,1-6H3. The lowest BCUT2D eigenvalue weighted by molar-refractivity contribution is 0.446. The lowest BCUT2D eigenvalue weighted by Crippen LogP contribution is -2.71. The van der Waals surface area contributed by atoms with Crippen molar-refractivity contribution in [1.82, 2.24) is 9.96 Å². The Morgan fingerprint density at radius 1 is 0.688 bits per heavy atom. The number of rotatable bonds is 2. The molecule has 0 aromatic rings. The topological polar surface area (TPSA) is 24.1 Å². The Morgan fingerprint density at radius 2 is 1.06 bits per heavy atom. The van der Waals surface area contributed by atoms with Gasteiger partial charge in [0.05, 0.1) is 0 Å². The van der Waals surface area contributed by atoms with Crippen LogP contribution in [-0.2, 0) is 0 Å². The molecule has 1 aliphatic heterocycles. The van der Waals surface area contributed by atoms with Crippen molar-refractivity contribution in [2.75, 3.05) is 0 Å². The van der Waals surface area contributed by atoms with E-state index in [0.29, 0.717) is 0 Å². The maximum atomic E-state index is 3.96. The highest BCUT2D eigenvalue weighted by molar-refractivity contribution is 6.75. The third kappa shape index (κ3) is 4.98. The Labute approximate surface area is 103 Å². The van der Waals surface area contributed by atoms with Crippen LogP contribution in [0.3, 0.4) is 0 Å². The van der Waals surface area contributed by atoms with Crippen LogP contribution in [0.2, 0.25) is 12.1 Å². The van der Waals surface area contributed by atoms with E-state index >= 15 is 0 Å². The van der Waals surface area contributed by atoms with Crippen LogP contribution in [0.1, 0.15) is 60.8 Å². The summed E-state index contributed by atoms with van der Waals surface area (Å²) in [6, 6.07) is 2.78. The number of nitrogens with one attached hydrogen (secondary N) is 2. The van der Waals surface area contributed by atoms with E-state index in [0.717, 1.165) is 0 Å². The summed E-state index contributed by atoms with van der Waals surface area (Å²) in [5.41, 5.74) is 0.476. The Kier molecular flexibility index (Phi) is 4.25. The summed E-state index contributed by atoms with van der Waals surface area (Å²) in [4.78, 5) is 7.91. The maximum Gasteiger partial charge on any atom is 0.202 e. The molecule has 1 heterocycles. The first-order valence-corrected chi connectivity index (χ1v) is 9.12. The first-order chi connectivity index (χ1) is 7.12. The molecule has 0 bridgehead atoms. The van der Waals surface area contributed by atoms with Crippen LogP contribution in [0, 0.1) is 0 Å². The molecule has 0 spiro atoms. The van der Waals surface area contributed by atoms with Gasteiger partial charge in [0.1, 0.15) is 0 Å². The molecule has 1 rings (SSSR count). The highest BCUT2D eigenvalue weighted by Crippen LogP contribution is 2.28. The molecule has 1 fully saturated rings. The number of hydrogen-bond donors (Lipinski definition) is 2. The van der Waals surface area contributed by atoms with E-state index in [2.05, 4.69) is 51.5 Å². The predicted molar refractivity (Wildman–Crippen MR) is 75.0 cm³/mol. The molecule has 0 radical (unpaired) electrons. The van der Waals surface area contributed by atoms with Gasteiger partial charge in [-0.3, -0.25) is 0 Å². The van der Waals surface area contributed by atoms with Gasteiger partial charge in [-0.15, -0.1) is 0 Å². The van der Waals surface area contributed by atoms with E-state index < -0.39 is 8.40 Å². The van der Waals surface area contributed by atoms with E-state index in [4.69, 9.17) is 0 Å². The zero-order valence-corrected chi connectivity index (χ0v) is 13.0. The lowest BCUT2D eigenvalue weighted by Gasteiger charge is -2.45. The molecule has 0 aromatic carbocycles. The van der Waals surface area contributed by atoms with Crippen LogP contribution in [0.4, 0.5) is 0 Å². The second-order valence-electron chi connectivity index (χ2n) is 7.39. The van der Waals surface area contributed by atoms with E-state index in [1.54, 1.807) is 0 Å². The van der Waals surface area contributed by atoms with Gasteiger partial charge in [0.25, 0.3) is 0 Å². The van der Waals surface area contributed by atoms with Gasteiger partial charge in [-0.2, -0.15) is 0 Å². The first kappa shape index (κ1) is 14.2. The van der Waals surface area contributed by atoms with Crippen molar-refractivity contribution >= 4 is 8.40 Å². The van der Waals surface area contributed by atoms with Gasteiger partial charge in [-0.25, -0.2) is 0 Å². The summed E-state index contributed by atoms with van der Waals surface area (Å²) in [6.07, 6.45) is 4.23. The van der Waals surface area contributed by atoms with Crippen molar-refractivity contribution in [3.05, 3.63) is 0 Å². The van der Waals surface area contributed by atoms with Crippen LogP contribution in [0.5, 0.6) is 0 Å². The Hall–Kier alpha value is 0.137. The summed E-state index contributed by atoms with van der Waals surface area (Å²) in [5, 5.41) is 0. The third-order valence-corrected chi connectivity index (χ3v) is 7.81. The first-order valence-electron chi connectivity index (χ1n) is 6.71. The van der Waals surface area contributed by atoms with Crippen molar-refractivity contribution in [2.45, 2.75) is 84.0 Å². The Bertz CT molecular complexity index is 201. The second-order valence-corrected chi connectivity index (χ2v) is 11.1. The average Bonchev–Trinajstić information content (AvgIpc) is 1.97. The zero-order chi connectivity index (χ0) is 12.4. The highest BCUT2D eigenvalue weighted by Gasteiger charge is 2.40. The minimum Gasteiger partial charge on any atom is -0.321 e. The van der Waals surface area contributed by atoms with E-state index in [9.17, 15) is 0 Å². The van der Waals surface area contributed by atoms with E-state index in [1.165, 1.54) is 31.4 Å². The molecule has 0 aromatic heterocycles. The average molecular weight is 242 g/mol. The van der Waals surface area contributed by atoms with Gasteiger partial charge in [-0.05, 0) is 53.6 Å². The molecule has 0 amide bonds. The molecule has 0 unspecified atom stereocenters. The zero-order valence-electron chi connectivity index (χ0n) is 12.0. The lowest BCUT2D eigenvalue weighted by atomic mass is 10.1. The van der Waals surface area contributed by atoms with Crippen LogP contribution in [-0.4, -0.2) is 19.5 Å². The molecular formula is C13H30N2Si. The van der Waals surface area contributed by atoms with Gasteiger partial charge in [-0.1, -0.05) is 19.3 Å². The maximum absolute atomic E-state index is 3.96. The molecule has 1 aliphatic rings. The summed E-state index contributed by atoms with van der Waals surface area (Å²) in [5.74, 6) is 0. The second kappa shape index (κ2) is 4.79. The van der Waals surface area contributed by atoms with Crippen LogP contribution < -0.4 is 9.96 Å². The van der Waals surface area contributed by atoms with Gasteiger partial charge in [0.2, 0.25) is 8.40 Å². The molecule has 16 heavy (non-hydrogen) atoms. The summed E-state index contributed by atoms with van der Waals surface area (Å²) >= 11 is 0. The van der Waals surface area contributed by atoms with Gasteiger partial charge in [0, 0.05) is 11.1 Å². The molecule has 2 N–H and O–H groups in total. The normalized spacial score (nSPS) is 22.1. The fourth-order valence-electron chi connectivity index (χ4n) is 2.87. The summed E-state index contributed by atoms with van der Waals surface area (Å²) < 4.78 is 0. The molecule has 0 saturated carbocycles. The summed E-state index contributed by atoms with van der Waals surface area (Å²) in [7, 11) is -1.45. The fraction of sp³-hybridized carbons (Fsp3) is 1.00. The monoisotopic (exact) mass is 242 g/mol. The molecular weight excluding hydrogens is 212 g/mol. The van der Waals surface area contributed by atoms with Crippen molar-refractivity contribution in [1.29, 1.82) is 0 Å². The Morgan fingerprint density at radius 3 is 1.38 bits per heavy atom. The van der Waals surface area contributed by atoms with Gasteiger partial charge in [0.15, 0.2) is 0 Å². The Balaban J connectivity index is 2.75. The van der Waals surface area contributed by atoms with Crippen molar-refractivity contribution in [3.8, 4) is 0 Å². The van der Waals surface area contributed by atoms with E-state index in [-0.39, 0.29) is 11.1 Å². The molecule has 2 nitrogen and oxygen atoms in total. The largest absolute Gasteiger partial charge is 0.321 e. The molecule has 0 aliphatic carbocycles.